The number of hydrogen-bond donors (Lipinski definition) is 2. The molecule has 0 aromatic heterocycles. The molecule has 1 fully saturated rings. The third-order valence-corrected chi connectivity index (χ3v) is 5.35. The van der Waals surface area contributed by atoms with Crippen molar-refractivity contribution < 1.29 is 14.9 Å². The largest absolute Gasteiger partial charge is 0.508 e. The summed E-state index contributed by atoms with van der Waals surface area (Å²) in [6, 6.07) is 11.5. The number of anilines is 1. The van der Waals surface area contributed by atoms with Crippen molar-refractivity contribution in [3.63, 3.8) is 0 Å². The summed E-state index contributed by atoms with van der Waals surface area (Å²) in [7, 11) is 0. The molecule has 1 unspecified atom stereocenters. The van der Waals surface area contributed by atoms with Gasteiger partial charge in [-0.05, 0) is 61.7 Å². The fourth-order valence-electron chi connectivity index (χ4n) is 3.53. The molecule has 0 amide bonds. The molecule has 2 N–H and O–H groups in total. The van der Waals surface area contributed by atoms with Gasteiger partial charge in [-0.25, -0.2) is 0 Å². The van der Waals surface area contributed by atoms with Crippen molar-refractivity contribution in [2.24, 2.45) is 0 Å². The van der Waals surface area contributed by atoms with Crippen LogP contribution in [0.25, 0.3) is 0 Å². The Morgan fingerprint density at radius 2 is 1.56 bits per heavy atom. The molecule has 3 rings (SSSR count). The average molecular weight is 370 g/mol. The summed E-state index contributed by atoms with van der Waals surface area (Å²) in [4.78, 5) is 4.58. The Morgan fingerprint density at radius 1 is 0.926 bits per heavy atom. The van der Waals surface area contributed by atoms with Crippen LogP contribution in [-0.2, 0) is 0 Å². The zero-order valence-corrected chi connectivity index (χ0v) is 16.5. The number of ether oxygens (including phenoxy) is 1. The number of hydrogen-bond acceptors (Lipinski definition) is 5. The molecule has 2 aromatic rings. The van der Waals surface area contributed by atoms with Crippen LogP contribution in [0, 0.1) is 20.8 Å². The molecule has 0 bridgehead atoms. The number of phenolic OH excluding ortho intramolecular Hbond substituents is 1. The number of aromatic hydroxyl groups is 1. The second-order valence-electron chi connectivity index (χ2n) is 7.42. The van der Waals surface area contributed by atoms with Gasteiger partial charge in [0.2, 0.25) is 0 Å². The van der Waals surface area contributed by atoms with Crippen LogP contribution in [0.15, 0.2) is 36.4 Å². The number of rotatable bonds is 6. The number of aliphatic hydroxyl groups excluding tert-OH is 1. The monoisotopic (exact) mass is 370 g/mol. The van der Waals surface area contributed by atoms with Gasteiger partial charge < -0.3 is 19.8 Å². The standard InChI is InChI=1S/C22H30N2O3/c1-16-4-5-17(2)22(18(16)3)27-15-21(26)14-23-10-12-24(13-11-23)19-6-8-20(25)9-7-19/h4-9,21,25-26H,10-15H2,1-3H3. The number of phenols is 1. The van der Waals surface area contributed by atoms with Crippen molar-refractivity contribution in [3.05, 3.63) is 53.1 Å². The van der Waals surface area contributed by atoms with Crippen molar-refractivity contribution in [1.29, 1.82) is 0 Å². The fraction of sp³-hybridized carbons (Fsp3) is 0.455. The summed E-state index contributed by atoms with van der Waals surface area (Å²) in [5.41, 5.74) is 4.58. The topological polar surface area (TPSA) is 56.2 Å². The van der Waals surface area contributed by atoms with Gasteiger partial charge in [-0.3, -0.25) is 4.90 Å². The fourth-order valence-corrected chi connectivity index (χ4v) is 3.53. The summed E-state index contributed by atoms with van der Waals surface area (Å²) in [5, 5.41) is 19.8. The molecule has 0 saturated carbocycles. The first-order chi connectivity index (χ1) is 12.9. The zero-order valence-electron chi connectivity index (χ0n) is 16.5. The molecule has 0 aliphatic carbocycles. The van der Waals surface area contributed by atoms with Crippen LogP contribution in [0.2, 0.25) is 0 Å². The Balaban J connectivity index is 1.46. The highest BCUT2D eigenvalue weighted by Crippen LogP contribution is 2.26. The molecule has 146 valence electrons. The van der Waals surface area contributed by atoms with E-state index >= 15 is 0 Å². The number of nitrogens with zero attached hydrogens (tertiary/aromatic N) is 2. The minimum atomic E-state index is -0.510. The first-order valence-corrected chi connectivity index (χ1v) is 9.58. The van der Waals surface area contributed by atoms with Crippen LogP contribution in [0.4, 0.5) is 5.69 Å². The second-order valence-corrected chi connectivity index (χ2v) is 7.42. The lowest BCUT2D eigenvalue weighted by Crippen LogP contribution is -2.49. The average Bonchev–Trinajstić information content (AvgIpc) is 2.66. The van der Waals surface area contributed by atoms with E-state index in [0.29, 0.717) is 18.9 Å². The second kappa shape index (κ2) is 8.63. The Hall–Kier alpha value is -2.24. The van der Waals surface area contributed by atoms with Crippen molar-refractivity contribution in [2.75, 3.05) is 44.2 Å². The summed E-state index contributed by atoms with van der Waals surface area (Å²) >= 11 is 0. The van der Waals surface area contributed by atoms with Gasteiger partial charge in [0.25, 0.3) is 0 Å². The maximum Gasteiger partial charge on any atom is 0.125 e. The van der Waals surface area contributed by atoms with Crippen LogP contribution in [0.5, 0.6) is 11.5 Å². The van der Waals surface area contributed by atoms with Gasteiger partial charge >= 0.3 is 0 Å². The molecule has 1 aliphatic heterocycles. The van der Waals surface area contributed by atoms with E-state index in [1.165, 1.54) is 5.56 Å². The summed E-state index contributed by atoms with van der Waals surface area (Å²) < 4.78 is 5.94. The summed E-state index contributed by atoms with van der Waals surface area (Å²) in [6.45, 7) is 10.7. The minimum Gasteiger partial charge on any atom is -0.508 e. The van der Waals surface area contributed by atoms with Gasteiger partial charge in [0.1, 0.15) is 24.2 Å². The van der Waals surface area contributed by atoms with E-state index in [2.05, 4.69) is 35.8 Å². The van der Waals surface area contributed by atoms with E-state index in [9.17, 15) is 10.2 Å². The first kappa shape index (κ1) is 19.5. The molecule has 1 saturated heterocycles. The lowest BCUT2D eigenvalue weighted by atomic mass is 10.1. The predicted octanol–water partition coefficient (Wildman–Crippen LogP) is 2.88. The molecule has 1 heterocycles. The van der Waals surface area contributed by atoms with Crippen LogP contribution < -0.4 is 9.64 Å². The van der Waals surface area contributed by atoms with E-state index in [-0.39, 0.29) is 0 Å². The third kappa shape index (κ3) is 4.93. The van der Waals surface area contributed by atoms with Crippen LogP contribution in [0.3, 0.4) is 0 Å². The van der Waals surface area contributed by atoms with Gasteiger partial charge in [0.05, 0.1) is 0 Å². The number of aliphatic hydroxyl groups is 1. The Labute approximate surface area is 161 Å². The first-order valence-electron chi connectivity index (χ1n) is 9.58. The highest BCUT2D eigenvalue weighted by atomic mass is 16.5. The minimum absolute atomic E-state index is 0.291. The highest BCUT2D eigenvalue weighted by molar-refractivity contribution is 5.49. The van der Waals surface area contributed by atoms with E-state index in [4.69, 9.17) is 4.74 Å². The number of aryl methyl sites for hydroxylation is 2. The van der Waals surface area contributed by atoms with Crippen molar-refractivity contribution >= 4 is 5.69 Å². The number of benzene rings is 2. The van der Waals surface area contributed by atoms with E-state index in [1.807, 2.05) is 19.1 Å². The number of piperazine rings is 1. The lowest BCUT2D eigenvalue weighted by Gasteiger charge is -2.36. The molecular weight excluding hydrogens is 340 g/mol. The third-order valence-electron chi connectivity index (χ3n) is 5.35. The van der Waals surface area contributed by atoms with Gasteiger partial charge in [-0.1, -0.05) is 12.1 Å². The zero-order chi connectivity index (χ0) is 19.4. The molecule has 1 aliphatic rings. The molecule has 27 heavy (non-hydrogen) atoms. The van der Waals surface area contributed by atoms with Crippen LogP contribution >= 0.6 is 0 Å². The quantitative estimate of drug-likeness (QED) is 0.819. The Morgan fingerprint density at radius 3 is 2.22 bits per heavy atom. The van der Waals surface area contributed by atoms with Gasteiger partial charge in [0.15, 0.2) is 0 Å². The van der Waals surface area contributed by atoms with Gasteiger partial charge in [-0.15, -0.1) is 0 Å². The number of β-amino-alcohol motifs (C(OH)–C–C–N with tert-alkyl or cyclic N) is 1. The smallest absolute Gasteiger partial charge is 0.125 e. The Bertz CT molecular complexity index is 753. The summed E-state index contributed by atoms with van der Waals surface area (Å²) in [5.74, 6) is 1.19. The predicted molar refractivity (Wildman–Crippen MR) is 109 cm³/mol. The van der Waals surface area contributed by atoms with Crippen LogP contribution in [-0.4, -0.2) is 60.5 Å². The molecule has 5 nitrogen and oxygen atoms in total. The van der Waals surface area contributed by atoms with Crippen molar-refractivity contribution in [1.82, 2.24) is 4.90 Å². The SMILES string of the molecule is Cc1ccc(C)c(OCC(O)CN2CCN(c3ccc(O)cc3)CC2)c1C. The van der Waals surface area contributed by atoms with E-state index in [0.717, 1.165) is 48.7 Å². The maximum atomic E-state index is 10.4. The molecule has 0 spiro atoms. The van der Waals surface area contributed by atoms with Crippen molar-refractivity contribution in [3.8, 4) is 11.5 Å². The molecule has 0 radical (unpaired) electrons. The van der Waals surface area contributed by atoms with E-state index < -0.39 is 6.10 Å². The molecule has 1 atom stereocenters. The lowest BCUT2D eigenvalue weighted by molar-refractivity contribution is 0.0658. The van der Waals surface area contributed by atoms with Gasteiger partial charge in [-0.2, -0.15) is 0 Å². The van der Waals surface area contributed by atoms with E-state index in [1.54, 1.807) is 12.1 Å². The maximum absolute atomic E-state index is 10.4. The van der Waals surface area contributed by atoms with Gasteiger partial charge in [0, 0.05) is 38.4 Å². The van der Waals surface area contributed by atoms with Crippen molar-refractivity contribution in [2.45, 2.75) is 26.9 Å². The molecule has 2 aromatic carbocycles. The molecular formula is C22H30N2O3. The van der Waals surface area contributed by atoms with Crippen LogP contribution in [0.1, 0.15) is 16.7 Å². The summed E-state index contributed by atoms with van der Waals surface area (Å²) in [6.07, 6.45) is -0.510. The Kier molecular flexibility index (Phi) is 6.24. The molecule has 5 heteroatoms. The highest BCUT2D eigenvalue weighted by Gasteiger charge is 2.20. The normalized spacial score (nSPS) is 16.4.